The Labute approximate surface area is 113 Å². The molecule has 1 aromatic heterocycles. The van der Waals surface area contributed by atoms with Crippen LogP contribution in [-0.2, 0) is 9.47 Å². The molecule has 0 unspecified atom stereocenters. The molecule has 5 heteroatoms. The molecule has 0 bridgehead atoms. The van der Waals surface area contributed by atoms with Crippen molar-refractivity contribution in [3.05, 3.63) is 23.4 Å². The first kappa shape index (κ1) is 13.8. The third-order valence-corrected chi connectivity index (χ3v) is 2.83. The molecule has 1 aliphatic heterocycles. The van der Waals surface area contributed by atoms with Crippen LogP contribution in [0.2, 0.25) is 0 Å². The molecule has 1 saturated heterocycles. The van der Waals surface area contributed by atoms with Crippen molar-refractivity contribution in [2.45, 2.75) is 39.2 Å². The van der Waals surface area contributed by atoms with E-state index in [2.05, 4.69) is 10.3 Å². The summed E-state index contributed by atoms with van der Waals surface area (Å²) in [4.78, 5) is 16.0. The third-order valence-electron chi connectivity index (χ3n) is 2.83. The first-order valence-corrected chi connectivity index (χ1v) is 6.39. The number of nitrogens with one attached hydrogen (secondary N) is 1. The zero-order valence-electron chi connectivity index (χ0n) is 11.8. The van der Waals surface area contributed by atoms with E-state index in [1.54, 1.807) is 6.20 Å². The SMILES string of the molecule is Cc1cc(C2COC2)cnc1NC(=O)OC(C)(C)C. The van der Waals surface area contributed by atoms with Crippen molar-refractivity contribution >= 4 is 11.9 Å². The van der Waals surface area contributed by atoms with Crippen LogP contribution in [0.4, 0.5) is 10.6 Å². The van der Waals surface area contributed by atoms with E-state index in [1.165, 1.54) is 0 Å². The molecule has 1 fully saturated rings. The highest BCUT2D eigenvalue weighted by atomic mass is 16.6. The van der Waals surface area contributed by atoms with E-state index in [9.17, 15) is 4.79 Å². The molecule has 2 heterocycles. The molecular formula is C14H20N2O3. The number of carbonyl (C=O) groups is 1. The minimum absolute atomic E-state index is 0.432. The largest absolute Gasteiger partial charge is 0.444 e. The number of ether oxygens (including phenoxy) is 2. The Morgan fingerprint density at radius 1 is 1.47 bits per heavy atom. The molecule has 1 amide bonds. The van der Waals surface area contributed by atoms with Crippen molar-refractivity contribution in [3.63, 3.8) is 0 Å². The van der Waals surface area contributed by atoms with Crippen molar-refractivity contribution in [1.29, 1.82) is 0 Å². The highest BCUT2D eigenvalue weighted by Gasteiger charge is 2.22. The van der Waals surface area contributed by atoms with Gasteiger partial charge in [-0.1, -0.05) is 6.07 Å². The number of rotatable bonds is 2. The van der Waals surface area contributed by atoms with E-state index < -0.39 is 11.7 Å². The lowest BCUT2D eigenvalue weighted by Gasteiger charge is -2.26. The maximum Gasteiger partial charge on any atom is 0.413 e. The van der Waals surface area contributed by atoms with E-state index in [1.807, 2.05) is 33.8 Å². The summed E-state index contributed by atoms with van der Waals surface area (Å²) >= 11 is 0. The molecule has 0 aromatic carbocycles. The predicted molar refractivity (Wildman–Crippen MR) is 72.4 cm³/mol. The summed E-state index contributed by atoms with van der Waals surface area (Å²) in [5.41, 5.74) is 1.56. The van der Waals surface area contributed by atoms with Gasteiger partial charge < -0.3 is 9.47 Å². The lowest BCUT2D eigenvalue weighted by atomic mass is 9.98. The molecule has 0 radical (unpaired) electrons. The van der Waals surface area contributed by atoms with Gasteiger partial charge in [0.1, 0.15) is 11.4 Å². The monoisotopic (exact) mass is 264 g/mol. The zero-order valence-corrected chi connectivity index (χ0v) is 11.8. The van der Waals surface area contributed by atoms with Crippen LogP contribution in [0.15, 0.2) is 12.3 Å². The van der Waals surface area contributed by atoms with Crippen LogP contribution in [0.5, 0.6) is 0 Å². The van der Waals surface area contributed by atoms with Crippen LogP contribution < -0.4 is 5.32 Å². The van der Waals surface area contributed by atoms with Gasteiger partial charge in [-0.2, -0.15) is 0 Å². The first-order chi connectivity index (χ1) is 8.85. The second kappa shape index (κ2) is 5.17. The molecule has 0 atom stereocenters. The van der Waals surface area contributed by atoms with Gasteiger partial charge in [-0.15, -0.1) is 0 Å². The minimum atomic E-state index is -0.513. The molecule has 2 rings (SSSR count). The van der Waals surface area contributed by atoms with E-state index >= 15 is 0 Å². The number of pyridine rings is 1. The summed E-state index contributed by atoms with van der Waals surface area (Å²) in [6.07, 6.45) is 1.30. The fraction of sp³-hybridized carbons (Fsp3) is 0.571. The van der Waals surface area contributed by atoms with Gasteiger partial charge >= 0.3 is 6.09 Å². The van der Waals surface area contributed by atoms with Gasteiger partial charge in [-0.3, -0.25) is 5.32 Å². The van der Waals surface area contributed by atoms with Crippen molar-refractivity contribution < 1.29 is 14.3 Å². The number of aromatic nitrogens is 1. The van der Waals surface area contributed by atoms with Crippen LogP contribution in [0.25, 0.3) is 0 Å². The van der Waals surface area contributed by atoms with Gasteiger partial charge in [-0.05, 0) is 38.8 Å². The summed E-state index contributed by atoms with van der Waals surface area (Å²) in [6.45, 7) is 8.90. The van der Waals surface area contributed by atoms with E-state index in [0.717, 1.165) is 24.3 Å². The molecular weight excluding hydrogens is 244 g/mol. The summed E-state index contributed by atoms with van der Waals surface area (Å²) in [5, 5.41) is 2.67. The summed E-state index contributed by atoms with van der Waals surface area (Å²) < 4.78 is 10.4. The topological polar surface area (TPSA) is 60.5 Å². The predicted octanol–water partition coefficient (Wildman–Crippen LogP) is 2.85. The van der Waals surface area contributed by atoms with Crippen LogP contribution in [0, 0.1) is 6.92 Å². The number of hydrogen-bond acceptors (Lipinski definition) is 4. The average molecular weight is 264 g/mol. The summed E-state index contributed by atoms with van der Waals surface area (Å²) in [7, 11) is 0. The smallest absolute Gasteiger partial charge is 0.413 e. The maximum absolute atomic E-state index is 11.7. The number of hydrogen-bond donors (Lipinski definition) is 1. The Hall–Kier alpha value is -1.62. The Morgan fingerprint density at radius 2 is 2.16 bits per heavy atom. The average Bonchev–Trinajstić information content (AvgIpc) is 2.16. The van der Waals surface area contributed by atoms with Crippen LogP contribution in [0.3, 0.4) is 0 Å². The summed E-state index contributed by atoms with van der Waals surface area (Å²) in [5.74, 6) is 0.972. The molecule has 1 N–H and O–H groups in total. The normalized spacial score (nSPS) is 15.8. The van der Waals surface area contributed by atoms with Gasteiger partial charge in [-0.25, -0.2) is 9.78 Å². The number of nitrogens with zero attached hydrogens (tertiary/aromatic N) is 1. The lowest BCUT2D eigenvalue weighted by molar-refractivity contribution is 0.00827. The minimum Gasteiger partial charge on any atom is -0.444 e. The fourth-order valence-corrected chi connectivity index (χ4v) is 1.78. The molecule has 5 nitrogen and oxygen atoms in total. The van der Waals surface area contributed by atoms with Crippen molar-refractivity contribution in [2.75, 3.05) is 18.5 Å². The third kappa shape index (κ3) is 3.67. The highest BCUT2D eigenvalue weighted by molar-refractivity contribution is 5.84. The first-order valence-electron chi connectivity index (χ1n) is 6.39. The molecule has 0 aliphatic carbocycles. The molecule has 1 aromatic rings. The molecule has 1 aliphatic rings. The lowest BCUT2D eigenvalue weighted by Crippen LogP contribution is -2.28. The van der Waals surface area contributed by atoms with E-state index in [0.29, 0.717) is 11.7 Å². The van der Waals surface area contributed by atoms with Gasteiger partial charge in [0, 0.05) is 12.1 Å². The maximum atomic E-state index is 11.7. The standard InChI is InChI=1S/C14H20N2O3/c1-9-5-10(11-7-18-8-11)6-15-12(9)16-13(17)19-14(2,3)4/h5-6,11H,7-8H2,1-4H3,(H,15,16,17). The number of aryl methyl sites for hydroxylation is 1. The Morgan fingerprint density at radius 3 is 2.63 bits per heavy atom. The van der Waals surface area contributed by atoms with Crippen molar-refractivity contribution in [2.24, 2.45) is 0 Å². The van der Waals surface area contributed by atoms with Gasteiger partial charge in [0.05, 0.1) is 13.2 Å². The van der Waals surface area contributed by atoms with Crippen LogP contribution in [-0.4, -0.2) is 29.9 Å². The van der Waals surface area contributed by atoms with Gasteiger partial charge in [0.25, 0.3) is 0 Å². The second-order valence-corrected chi connectivity index (χ2v) is 5.80. The van der Waals surface area contributed by atoms with Crippen molar-refractivity contribution in [1.82, 2.24) is 4.98 Å². The quantitative estimate of drug-likeness (QED) is 0.892. The zero-order chi connectivity index (χ0) is 14.0. The Kier molecular flexibility index (Phi) is 3.75. The van der Waals surface area contributed by atoms with Crippen LogP contribution >= 0.6 is 0 Å². The number of anilines is 1. The number of amides is 1. The Balaban J connectivity index is 2.02. The molecule has 19 heavy (non-hydrogen) atoms. The Bertz CT molecular complexity index is 476. The summed E-state index contributed by atoms with van der Waals surface area (Å²) in [6, 6.07) is 2.03. The number of carbonyl (C=O) groups excluding carboxylic acids is 1. The van der Waals surface area contributed by atoms with Gasteiger partial charge in [0.2, 0.25) is 0 Å². The van der Waals surface area contributed by atoms with Gasteiger partial charge in [0.15, 0.2) is 0 Å². The second-order valence-electron chi connectivity index (χ2n) is 5.80. The highest BCUT2D eigenvalue weighted by Crippen LogP contribution is 2.26. The van der Waals surface area contributed by atoms with E-state index in [4.69, 9.17) is 9.47 Å². The van der Waals surface area contributed by atoms with Crippen molar-refractivity contribution in [3.8, 4) is 0 Å². The van der Waals surface area contributed by atoms with E-state index in [-0.39, 0.29) is 0 Å². The molecule has 0 spiro atoms. The fourth-order valence-electron chi connectivity index (χ4n) is 1.78. The molecule has 104 valence electrons. The molecule has 0 saturated carbocycles. The van der Waals surface area contributed by atoms with Crippen LogP contribution in [0.1, 0.15) is 37.8 Å².